The molecule has 2 amide bonds. The summed E-state index contributed by atoms with van der Waals surface area (Å²) in [6.07, 6.45) is 0. The summed E-state index contributed by atoms with van der Waals surface area (Å²) in [6.45, 7) is 4.00. The summed E-state index contributed by atoms with van der Waals surface area (Å²) in [5.41, 5.74) is 6.28. The second-order valence-electron chi connectivity index (χ2n) is 7.26. The van der Waals surface area contributed by atoms with Gasteiger partial charge in [-0.2, -0.15) is 0 Å². The van der Waals surface area contributed by atoms with Crippen LogP contribution in [0.3, 0.4) is 0 Å². The number of fused-ring (bicyclic) bond motifs is 1. The number of benzene rings is 3. The highest BCUT2D eigenvalue weighted by molar-refractivity contribution is 6.01. The zero-order valence-corrected chi connectivity index (χ0v) is 17.2. The Morgan fingerprint density at radius 3 is 2.23 bits per heavy atom. The van der Waals surface area contributed by atoms with Crippen molar-refractivity contribution in [1.29, 1.82) is 0 Å². The summed E-state index contributed by atoms with van der Waals surface area (Å²) in [5, 5.41) is 6.60. The van der Waals surface area contributed by atoms with Gasteiger partial charge in [0.2, 0.25) is 0 Å². The minimum absolute atomic E-state index is 0.299. The number of hydrogen-bond donors (Lipinski definition) is 2. The van der Waals surface area contributed by atoms with E-state index in [2.05, 4.69) is 16.7 Å². The van der Waals surface area contributed by atoms with Crippen molar-refractivity contribution in [3.05, 3.63) is 83.9 Å². The lowest BCUT2D eigenvalue weighted by Gasteiger charge is -2.12. The molecule has 1 aromatic heterocycles. The summed E-state index contributed by atoms with van der Waals surface area (Å²) in [7, 11) is 1.64. The molecule has 4 aromatic rings. The predicted octanol–water partition coefficient (Wildman–Crippen LogP) is 6.17. The van der Waals surface area contributed by atoms with Gasteiger partial charge in [0.25, 0.3) is 0 Å². The van der Waals surface area contributed by atoms with Gasteiger partial charge in [0, 0.05) is 28.4 Å². The molecule has 3 aromatic carbocycles. The number of hydrogen-bond acceptors (Lipinski definition) is 3. The smallest absolute Gasteiger partial charge is 0.323 e. The second-order valence-corrected chi connectivity index (χ2v) is 7.26. The van der Waals surface area contributed by atoms with E-state index >= 15 is 0 Å². The van der Waals surface area contributed by atoms with Crippen molar-refractivity contribution < 1.29 is 9.53 Å². The molecular formula is C25H23N3O2. The van der Waals surface area contributed by atoms with Gasteiger partial charge >= 0.3 is 6.03 Å². The number of urea groups is 1. The van der Waals surface area contributed by atoms with Gasteiger partial charge in [-0.25, -0.2) is 9.78 Å². The molecule has 0 radical (unpaired) electrons. The maximum Gasteiger partial charge on any atom is 0.323 e. The average molecular weight is 397 g/mol. The molecule has 0 bridgehead atoms. The Labute approximate surface area is 175 Å². The van der Waals surface area contributed by atoms with E-state index in [9.17, 15) is 4.79 Å². The third-order valence-electron chi connectivity index (χ3n) is 4.80. The number of anilines is 2. The fourth-order valence-corrected chi connectivity index (χ4v) is 3.54. The van der Waals surface area contributed by atoms with Gasteiger partial charge in [0.1, 0.15) is 5.75 Å². The first-order chi connectivity index (χ1) is 14.5. The maximum absolute atomic E-state index is 12.5. The quantitative estimate of drug-likeness (QED) is 0.433. The summed E-state index contributed by atoms with van der Waals surface area (Å²) >= 11 is 0. The third-order valence-corrected chi connectivity index (χ3v) is 4.80. The van der Waals surface area contributed by atoms with Crippen LogP contribution in [0.15, 0.2) is 72.8 Å². The SMILES string of the molecule is COc1cc(-c2ccccc2)nc2ccc(NC(=O)Nc3cc(C)cc(C)c3)cc12. The van der Waals surface area contributed by atoms with E-state index in [1.807, 2.05) is 80.6 Å². The van der Waals surface area contributed by atoms with E-state index in [1.54, 1.807) is 7.11 Å². The van der Waals surface area contributed by atoms with Gasteiger partial charge in [0.05, 0.1) is 18.3 Å². The van der Waals surface area contributed by atoms with E-state index in [-0.39, 0.29) is 6.03 Å². The van der Waals surface area contributed by atoms with Crippen molar-refractivity contribution in [1.82, 2.24) is 4.98 Å². The number of aromatic nitrogens is 1. The first kappa shape index (κ1) is 19.5. The van der Waals surface area contributed by atoms with Crippen molar-refractivity contribution in [2.75, 3.05) is 17.7 Å². The number of carbonyl (C=O) groups excluding carboxylic acids is 1. The van der Waals surface area contributed by atoms with Gasteiger partial charge < -0.3 is 15.4 Å². The van der Waals surface area contributed by atoms with Crippen LogP contribution < -0.4 is 15.4 Å². The Morgan fingerprint density at radius 2 is 1.53 bits per heavy atom. The van der Waals surface area contributed by atoms with Crippen molar-refractivity contribution in [3.8, 4) is 17.0 Å². The first-order valence-corrected chi connectivity index (χ1v) is 9.72. The number of methoxy groups -OCH3 is 1. The Kier molecular flexibility index (Phi) is 5.35. The van der Waals surface area contributed by atoms with Crippen LogP contribution in [0.2, 0.25) is 0 Å². The molecule has 2 N–H and O–H groups in total. The molecule has 0 unspecified atom stereocenters. The molecule has 30 heavy (non-hydrogen) atoms. The molecule has 0 saturated heterocycles. The Hall–Kier alpha value is -3.86. The van der Waals surface area contributed by atoms with E-state index in [4.69, 9.17) is 9.72 Å². The molecule has 5 nitrogen and oxygen atoms in total. The summed E-state index contributed by atoms with van der Waals surface area (Å²) < 4.78 is 5.60. The Morgan fingerprint density at radius 1 is 0.833 bits per heavy atom. The lowest BCUT2D eigenvalue weighted by atomic mass is 10.1. The van der Waals surface area contributed by atoms with Crippen LogP contribution in [0.5, 0.6) is 5.75 Å². The third kappa shape index (κ3) is 4.25. The fourth-order valence-electron chi connectivity index (χ4n) is 3.54. The van der Waals surface area contributed by atoms with Crippen LogP contribution in [-0.4, -0.2) is 18.1 Å². The van der Waals surface area contributed by atoms with Gasteiger partial charge in [-0.05, 0) is 55.3 Å². The molecule has 0 saturated carbocycles. The normalized spacial score (nSPS) is 10.6. The average Bonchev–Trinajstić information content (AvgIpc) is 2.72. The van der Waals surface area contributed by atoms with Gasteiger partial charge in [-0.3, -0.25) is 0 Å². The van der Waals surface area contributed by atoms with Crippen LogP contribution in [0, 0.1) is 13.8 Å². The lowest BCUT2D eigenvalue weighted by molar-refractivity contribution is 0.262. The number of amides is 2. The number of aryl methyl sites for hydroxylation is 2. The van der Waals surface area contributed by atoms with Crippen molar-refractivity contribution in [2.24, 2.45) is 0 Å². The lowest BCUT2D eigenvalue weighted by Crippen LogP contribution is -2.19. The minimum atomic E-state index is -0.299. The highest BCUT2D eigenvalue weighted by Crippen LogP contribution is 2.31. The number of rotatable bonds is 4. The monoisotopic (exact) mass is 397 g/mol. The zero-order valence-electron chi connectivity index (χ0n) is 17.2. The first-order valence-electron chi connectivity index (χ1n) is 9.72. The summed E-state index contributed by atoms with van der Waals surface area (Å²) in [6, 6.07) is 23.1. The minimum Gasteiger partial charge on any atom is -0.496 e. The van der Waals surface area contributed by atoms with E-state index in [1.165, 1.54) is 0 Å². The van der Waals surface area contributed by atoms with E-state index < -0.39 is 0 Å². The van der Waals surface area contributed by atoms with Gasteiger partial charge in [-0.1, -0.05) is 36.4 Å². The highest BCUT2D eigenvalue weighted by Gasteiger charge is 2.10. The predicted molar refractivity (Wildman–Crippen MR) is 122 cm³/mol. The molecule has 0 atom stereocenters. The van der Waals surface area contributed by atoms with Crippen molar-refractivity contribution in [2.45, 2.75) is 13.8 Å². The van der Waals surface area contributed by atoms with Crippen LogP contribution in [0.1, 0.15) is 11.1 Å². The van der Waals surface area contributed by atoms with E-state index in [0.29, 0.717) is 11.4 Å². The van der Waals surface area contributed by atoms with Crippen molar-refractivity contribution in [3.63, 3.8) is 0 Å². The topological polar surface area (TPSA) is 63.2 Å². The Bertz CT molecular complexity index is 1200. The number of pyridine rings is 1. The van der Waals surface area contributed by atoms with Crippen LogP contribution in [0.25, 0.3) is 22.2 Å². The molecular weight excluding hydrogens is 374 g/mol. The molecule has 0 aliphatic rings. The molecule has 0 spiro atoms. The van der Waals surface area contributed by atoms with Crippen LogP contribution in [-0.2, 0) is 0 Å². The molecule has 0 fully saturated rings. The Balaban J connectivity index is 1.60. The van der Waals surface area contributed by atoms with Crippen molar-refractivity contribution >= 4 is 28.3 Å². The molecule has 4 rings (SSSR count). The van der Waals surface area contributed by atoms with Crippen LogP contribution >= 0.6 is 0 Å². The molecule has 150 valence electrons. The fraction of sp³-hybridized carbons (Fsp3) is 0.120. The number of ether oxygens (including phenoxy) is 1. The zero-order chi connectivity index (χ0) is 21.1. The summed E-state index contributed by atoms with van der Waals surface area (Å²) in [4.78, 5) is 17.2. The largest absolute Gasteiger partial charge is 0.496 e. The molecule has 0 aliphatic carbocycles. The maximum atomic E-state index is 12.5. The standard InChI is InChI=1S/C25H23N3O2/c1-16-11-17(2)13-20(12-16)27-25(29)26-19-9-10-22-21(14-19)24(30-3)15-23(28-22)18-7-5-4-6-8-18/h4-15H,1-3H3,(H2,26,27,29). The van der Waals surface area contributed by atoms with Crippen LogP contribution in [0.4, 0.5) is 16.2 Å². The number of nitrogens with one attached hydrogen (secondary N) is 2. The van der Waals surface area contributed by atoms with Gasteiger partial charge in [0.15, 0.2) is 0 Å². The second kappa shape index (κ2) is 8.25. The van der Waals surface area contributed by atoms with E-state index in [0.717, 1.165) is 39.0 Å². The number of nitrogens with zero attached hydrogens (tertiary/aromatic N) is 1. The molecule has 1 heterocycles. The molecule has 5 heteroatoms. The highest BCUT2D eigenvalue weighted by atomic mass is 16.5. The molecule has 0 aliphatic heterocycles. The number of carbonyl (C=O) groups is 1. The van der Waals surface area contributed by atoms with Gasteiger partial charge in [-0.15, -0.1) is 0 Å². The summed E-state index contributed by atoms with van der Waals surface area (Å²) in [5.74, 6) is 0.706.